The van der Waals surface area contributed by atoms with Crippen molar-refractivity contribution in [3.63, 3.8) is 0 Å². The van der Waals surface area contributed by atoms with E-state index in [4.69, 9.17) is 0 Å². The molecule has 1 N–H and O–H groups in total. The molecule has 0 unspecified atom stereocenters. The highest BCUT2D eigenvalue weighted by Gasteiger charge is 2.12. The number of hydrogen-bond donors (Lipinski definition) is 1. The number of halogens is 1. The first-order valence-electron chi connectivity index (χ1n) is 8.63. The van der Waals surface area contributed by atoms with Gasteiger partial charge in [0.15, 0.2) is 0 Å². The van der Waals surface area contributed by atoms with Crippen molar-refractivity contribution in [2.75, 3.05) is 5.32 Å². The van der Waals surface area contributed by atoms with E-state index in [2.05, 4.69) is 36.4 Å². The monoisotopic (exact) mass is 433 g/mol. The zero-order chi connectivity index (χ0) is 19.3. The molecule has 28 heavy (non-hydrogen) atoms. The molecule has 4 rings (SSSR count). The van der Waals surface area contributed by atoms with Gasteiger partial charge in [-0.25, -0.2) is 0 Å². The summed E-state index contributed by atoms with van der Waals surface area (Å²) in [5, 5.41) is 10.5. The van der Waals surface area contributed by atoms with Crippen LogP contribution in [0.15, 0.2) is 84.1 Å². The maximum Gasteiger partial charge on any atom is 0.256 e. The quantitative estimate of drug-likeness (QED) is 0.509. The number of rotatable bonds is 5. The van der Waals surface area contributed by atoms with Crippen molar-refractivity contribution in [2.45, 2.75) is 6.42 Å². The molecule has 0 aliphatic carbocycles. The molecule has 0 atom stereocenters. The van der Waals surface area contributed by atoms with Gasteiger partial charge >= 0.3 is 0 Å². The zero-order valence-electron chi connectivity index (χ0n) is 14.8. The zero-order valence-corrected chi connectivity index (χ0v) is 16.4. The average molecular weight is 434 g/mol. The third-order valence-electron chi connectivity index (χ3n) is 4.28. The van der Waals surface area contributed by atoms with Gasteiger partial charge in [0.25, 0.3) is 5.91 Å². The minimum absolute atomic E-state index is 0.191. The molecule has 0 radical (unpaired) electrons. The Morgan fingerprint density at radius 1 is 0.929 bits per heavy atom. The number of hydrogen-bond acceptors (Lipinski definition) is 4. The summed E-state index contributed by atoms with van der Waals surface area (Å²) < 4.78 is 2.47. The Hall–Kier alpha value is -3.32. The average Bonchev–Trinajstić information content (AvgIpc) is 3.25. The number of aromatic nitrogens is 4. The summed E-state index contributed by atoms with van der Waals surface area (Å²) in [7, 11) is 0. The summed E-state index contributed by atoms with van der Waals surface area (Å²) in [6.07, 6.45) is 7.58. The van der Waals surface area contributed by atoms with Crippen LogP contribution in [0.25, 0.3) is 5.69 Å². The molecule has 0 fully saturated rings. The molecule has 2 aromatic heterocycles. The fraction of sp³-hybridized carbons (Fsp3) is 0.0476. The maximum absolute atomic E-state index is 12.7. The van der Waals surface area contributed by atoms with Crippen molar-refractivity contribution in [3.8, 4) is 5.69 Å². The van der Waals surface area contributed by atoms with Crippen LogP contribution in [-0.4, -0.2) is 25.7 Å². The SMILES string of the molecule is O=C(Nc1ccc(Cc2ccncc2)cc1)c1cc(-n2cnnc2)ccc1Br. The third kappa shape index (κ3) is 4.15. The van der Waals surface area contributed by atoms with Crippen molar-refractivity contribution in [1.82, 2.24) is 19.7 Å². The first-order chi connectivity index (χ1) is 13.7. The maximum atomic E-state index is 12.7. The van der Waals surface area contributed by atoms with Crippen molar-refractivity contribution >= 4 is 27.5 Å². The van der Waals surface area contributed by atoms with Crippen LogP contribution in [0.4, 0.5) is 5.69 Å². The Bertz CT molecular complexity index is 1080. The molecule has 6 nitrogen and oxygen atoms in total. The molecule has 0 saturated carbocycles. The van der Waals surface area contributed by atoms with Gasteiger partial charge in [-0.05, 0) is 75.9 Å². The molecule has 4 aromatic rings. The number of amides is 1. The minimum atomic E-state index is -0.191. The van der Waals surface area contributed by atoms with Crippen LogP contribution in [0, 0.1) is 0 Å². The van der Waals surface area contributed by atoms with E-state index in [0.717, 1.165) is 22.3 Å². The van der Waals surface area contributed by atoms with Gasteiger partial charge < -0.3 is 5.32 Å². The number of benzene rings is 2. The van der Waals surface area contributed by atoms with Crippen LogP contribution in [-0.2, 0) is 6.42 Å². The summed E-state index contributed by atoms with van der Waals surface area (Å²) in [5.41, 5.74) is 4.45. The van der Waals surface area contributed by atoms with E-state index in [1.54, 1.807) is 35.7 Å². The summed E-state index contributed by atoms with van der Waals surface area (Å²) in [5.74, 6) is -0.191. The van der Waals surface area contributed by atoms with Crippen LogP contribution >= 0.6 is 15.9 Å². The molecule has 0 bridgehead atoms. The highest BCUT2D eigenvalue weighted by Crippen LogP contribution is 2.22. The predicted octanol–water partition coefficient (Wildman–Crippen LogP) is 4.27. The Labute approximate surface area is 170 Å². The van der Waals surface area contributed by atoms with Crippen molar-refractivity contribution in [2.24, 2.45) is 0 Å². The number of carbonyl (C=O) groups excluding carboxylic acids is 1. The topological polar surface area (TPSA) is 72.7 Å². The van der Waals surface area contributed by atoms with Gasteiger partial charge in [-0.1, -0.05) is 12.1 Å². The summed E-state index contributed by atoms with van der Waals surface area (Å²) >= 11 is 3.45. The molecule has 2 aromatic carbocycles. The van der Waals surface area contributed by atoms with E-state index in [0.29, 0.717) is 5.56 Å². The van der Waals surface area contributed by atoms with Crippen LogP contribution in [0.2, 0.25) is 0 Å². The number of nitrogens with zero attached hydrogens (tertiary/aromatic N) is 4. The van der Waals surface area contributed by atoms with E-state index >= 15 is 0 Å². The normalized spacial score (nSPS) is 10.6. The fourth-order valence-corrected chi connectivity index (χ4v) is 3.25. The minimum Gasteiger partial charge on any atom is -0.322 e. The summed E-state index contributed by atoms with van der Waals surface area (Å²) in [6, 6.07) is 17.3. The highest BCUT2D eigenvalue weighted by molar-refractivity contribution is 9.10. The fourth-order valence-electron chi connectivity index (χ4n) is 2.82. The van der Waals surface area contributed by atoms with Crippen LogP contribution in [0.5, 0.6) is 0 Å². The molecule has 0 saturated heterocycles. The van der Waals surface area contributed by atoms with E-state index in [1.165, 1.54) is 11.1 Å². The van der Waals surface area contributed by atoms with Crippen LogP contribution in [0.3, 0.4) is 0 Å². The summed E-state index contributed by atoms with van der Waals surface area (Å²) in [4.78, 5) is 16.8. The molecular formula is C21H16BrN5O. The van der Waals surface area contributed by atoms with E-state index < -0.39 is 0 Å². The lowest BCUT2D eigenvalue weighted by molar-refractivity contribution is 0.102. The Morgan fingerprint density at radius 3 is 2.32 bits per heavy atom. The Balaban J connectivity index is 1.48. The van der Waals surface area contributed by atoms with E-state index in [-0.39, 0.29) is 5.91 Å². The lowest BCUT2D eigenvalue weighted by Crippen LogP contribution is -2.13. The first kappa shape index (κ1) is 18.1. The smallest absolute Gasteiger partial charge is 0.256 e. The molecule has 2 heterocycles. The third-order valence-corrected chi connectivity index (χ3v) is 4.97. The number of nitrogens with one attached hydrogen (secondary N) is 1. The second-order valence-corrected chi connectivity index (χ2v) is 7.07. The molecule has 0 spiro atoms. The van der Waals surface area contributed by atoms with Crippen molar-refractivity contribution in [3.05, 3.63) is 101 Å². The van der Waals surface area contributed by atoms with Crippen LogP contribution in [0.1, 0.15) is 21.5 Å². The Kier molecular flexibility index (Phi) is 5.25. The molecule has 138 valence electrons. The van der Waals surface area contributed by atoms with Gasteiger partial charge in [-0.3, -0.25) is 14.3 Å². The number of anilines is 1. The number of pyridine rings is 1. The lowest BCUT2D eigenvalue weighted by atomic mass is 10.1. The predicted molar refractivity (Wildman–Crippen MR) is 110 cm³/mol. The van der Waals surface area contributed by atoms with Gasteiger partial charge in [0.1, 0.15) is 12.7 Å². The molecule has 0 aliphatic rings. The molecule has 1 amide bonds. The summed E-state index contributed by atoms with van der Waals surface area (Å²) in [6.45, 7) is 0. The van der Waals surface area contributed by atoms with Crippen molar-refractivity contribution in [1.29, 1.82) is 0 Å². The lowest BCUT2D eigenvalue weighted by Gasteiger charge is -2.10. The van der Waals surface area contributed by atoms with Gasteiger partial charge in [-0.2, -0.15) is 0 Å². The molecule has 0 aliphatic heterocycles. The van der Waals surface area contributed by atoms with Crippen molar-refractivity contribution < 1.29 is 4.79 Å². The standard InChI is InChI=1S/C21H16BrN5O/c22-20-6-5-18(27-13-24-25-14-27)12-19(20)21(28)26-17-3-1-15(2-4-17)11-16-7-9-23-10-8-16/h1-10,12-14H,11H2,(H,26,28). The number of carbonyl (C=O) groups is 1. The van der Waals surface area contributed by atoms with Gasteiger partial charge in [0.05, 0.1) is 5.56 Å². The largest absolute Gasteiger partial charge is 0.322 e. The van der Waals surface area contributed by atoms with Gasteiger partial charge in [0, 0.05) is 28.2 Å². The molecular weight excluding hydrogens is 418 g/mol. The van der Waals surface area contributed by atoms with E-state index in [1.807, 2.05) is 48.5 Å². The van der Waals surface area contributed by atoms with Gasteiger partial charge in [-0.15, -0.1) is 10.2 Å². The second kappa shape index (κ2) is 8.14. The van der Waals surface area contributed by atoms with Crippen LogP contribution < -0.4 is 5.32 Å². The molecule has 7 heteroatoms. The second-order valence-electron chi connectivity index (χ2n) is 6.22. The highest BCUT2D eigenvalue weighted by atomic mass is 79.9. The van der Waals surface area contributed by atoms with E-state index in [9.17, 15) is 4.79 Å². The first-order valence-corrected chi connectivity index (χ1v) is 9.42. The van der Waals surface area contributed by atoms with Gasteiger partial charge in [0.2, 0.25) is 0 Å². The Morgan fingerprint density at radius 2 is 1.61 bits per heavy atom.